The molecule has 140 valence electrons. The molecule has 0 radical (unpaired) electrons. The smallest absolute Gasteiger partial charge is 0.379 e. The fourth-order valence-corrected chi connectivity index (χ4v) is 3.02. The van der Waals surface area contributed by atoms with Gasteiger partial charge in [0.15, 0.2) is 0 Å². The van der Waals surface area contributed by atoms with Crippen LogP contribution in [-0.2, 0) is 24.0 Å². The predicted molar refractivity (Wildman–Crippen MR) is 94.1 cm³/mol. The number of anilines is 1. The number of alkyl halides is 3. The van der Waals surface area contributed by atoms with Crippen LogP contribution in [0.5, 0.6) is 0 Å². The number of benzene rings is 1. The minimum atomic E-state index is -4.46. The van der Waals surface area contributed by atoms with Gasteiger partial charge >= 0.3 is 6.18 Å². The Morgan fingerprint density at radius 1 is 1.15 bits per heavy atom. The molecule has 1 N–H and O–H groups in total. The summed E-state index contributed by atoms with van der Waals surface area (Å²) in [5.41, 5.74) is 1.35. The second-order valence-corrected chi connectivity index (χ2v) is 6.47. The number of aromatic nitrogens is 1. The number of ether oxygens (including phenoxy) is 1. The Labute approximate surface area is 154 Å². The number of pyridine rings is 1. The Morgan fingerprint density at radius 3 is 2.50 bits per heavy atom. The molecule has 0 unspecified atom stereocenters. The van der Waals surface area contributed by atoms with E-state index >= 15 is 0 Å². The van der Waals surface area contributed by atoms with Gasteiger partial charge in [0, 0.05) is 32.4 Å². The molecule has 1 saturated heterocycles. The van der Waals surface area contributed by atoms with Crippen LogP contribution in [-0.4, -0.2) is 36.2 Å². The fourth-order valence-electron chi connectivity index (χ4n) is 2.79. The number of morpholine rings is 1. The average Bonchev–Trinajstić information content (AvgIpc) is 2.62. The summed E-state index contributed by atoms with van der Waals surface area (Å²) in [7, 11) is 0. The van der Waals surface area contributed by atoms with E-state index in [1.165, 1.54) is 0 Å². The maximum atomic E-state index is 12.7. The average molecular weight is 386 g/mol. The number of rotatable bonds is 5. The largest absolute Gasteiger partial charge is 0.417 e. The van der Waals surface area contributed by atoms with Crippen LogP contribution in [0.25, 0.3) is 0 Å². The Kier molecular flexibility index (Phi) is 6.01. The molecule has 1 fully saturated rings. The number of nitrogens with one attached hydrogen (secondary N) is 1. The molecular weight excluding hydrogens is 367 g/mol. The molecule has 1 aliphatic heterocycles. The number of halogens is 4. The first-order valence-electron chi connectivity index (χ1n) is 8.27. The lowest BCUT2D eigenvalue weighted by Crippen LogP contribution is -2.35. The molecule has 26 heavy (non-hydrogen) atoms. The highest BCUT2D eigenvalue weighted by Crippen LogP contribution is 2.32. The molecule has 0 atom stereocenters. The normalized spacial score (nSPS) is 15.8. The standard InChI is InChI=1S/C18H19ClF3N3O/c19-16-9-15(18(20,21)22)11-24-17(16)23-10-13-3-1-2-4-14(13)12-25-5-7-26-8-6-25/h1-4,9,11H,5-8,10,12H2,(H,23,24). The molecule has 0 bridgehead atoms. The zero-order chi connectivity index (χ0) is 18.6. The van der Waals surface area contributed by atoms with E-state index in [0.29, 0.717) is 6.54 Å². The van der Waals surface area contributed by atoms with Gasteiger partial charge in [0.1, 0.15) is 5.82 Å². The molecule has 2 aromatic rings. The molecule has 1 aromatic heterocycles. The molecule has 4 nitrogen and oxygen atoms in total. The van der Waals surface area contributed by atoms with Gasteiger partial charge in [0.25, 0.3) is 0 Å². The van der Waals surface area contributed by atoms with Crippen molar-refractivity contribution in [2.75, 3.05) is 31.6 Å². The van der Waals surface area contributed by atoms with Gasteiger partial charge in [-0.15, -0.1) is 0 Å². The molecule has 0 aliphatic carbocycles. The lowest BCUT2D eigenvalue weighted by Gasteiger charge is -2.27. The van der Waals surface area contributed by atoms with Crippen LogP contribution in [0.2, 0.25) is 5.02 Å². The van der Waals surface area contributed by atoms with Gasteiger partial charge in [-0.2, -0.15) is 13.2 Å². The third-order valence-corrected chi connectivity index (χ3v) is 4.52. The zero-order valence-corrected chi connectivity index (χ0v) is 14.8. The molecule has 2 heterocycles. The van der Waals surface area contributed by atoms with Crippen molar-refractivity contribution >= 4 is 17.4 Å². The first kappa shape index (κ1) is 18.9. The molecule has 0 spiro atoms. The Morgan fingerprint density at radius 2 is 1.85 bits per heavy atom. The number of hydrogen-bond acceptors (Lipinski definition) is 4. The zero-order valence-electron chi connectivity index (χ0n) is 14.0. The van der Waals surface area contributed by atoms with Crippen LogP contribution in [0.3, 0.4) is 0 Å². The van der Waals surface area contributed by atoms with Gasteiger partial charge in [-0.1, -0.05) is 35.9 Å². The van der Waals surface area contributed by atoms with E-state index in [1.807, 2.05) is 24.3 Å². The van der Waals surface area contributed by atoms with E-state index in [2.05, 4.69) is 15.2 Å². The van der Waals surface area contributed by atoms with E-state index in [-0.39, 0.29) is 10.8 Å². The van der Waals surface area contributed by atoms with Gasteiger partial charge in [0.05, 0.1) is 23.8 Å². The van der Waals surface area contributed by atoms with Crippen molar-refractivity contribution in [3.63, 3.8) is 0 Å². The summed E-state index contributed by atoms with van der Waals surface area (Å²) in [5, 5.41) is 2.98. The van der Waals surface area contributed by atoms with E-state index in [0.717, 1.165) is 56.2 Å². The molecule has 1 aromatic carbocycles. The minimum absolute atomic E-state index is 0.0505. The molecular formula is C18H19ClF3N3O. The first-order valence-corrected chi connectivity index (χ1v) is 8.65. The van der Waals surface area contributed by atoms with Crippen LogP contribution >= 0.6 is 11.6 Å². The molecule has 8 heteroatoms. The van der Waals surface area contributed by atoms with Crippen molar-refractivity contribution in [1.82, 2.24) is 9.88 Å². The van der Waals surface area contributed by atoms with E-state index < -0.39 is 11.7 Å². The highest BCUT2D eigenvalue weighted by atomic mass is 35.5. The minimum Gasteiger partial charge on any atom is -0.379 e. The SMILES string of the molecule is FC(F)(F)c1cnc(NCc2ccccc2CN2CCOCC2)c(Cl)c1. The van der Waals surface area contributed by atoms with Gasteiger partial charge in [-0.3, -0.25) is 4.90 Å². The second-order valence-electron chi connectivity index (χ2n) is 6.06. The summed E-state index contributed by atoms with van der Waals surface area (Å²) in [4.78, 5) is 6.13. The summed E-state index contributed by atoms with van der Waals surface area (Å²) in [5.74, 6) is 0.237. The predicted octanol–water partition coefficient (Wildman–Crippen LogP) is 4.20. The van der Waals surface area contributed by atoms with Crippen LogP contribution in [0.4, 0.5) is 19.0 Å². The summed E-state index contributed by atoms with van der Waals surface area (Å²) in [6, 6.07) is 8.83. The van der Waals surface area contributed by atoms with Gasteiger partial charge in [0.2, 0.25) is 0 Å². The summed E-state index contributed by atoms with van der Waals surface area (Å²) in [6.45, 7) is 4.45. The van der Waals surface area contributed by atoms with Gasteiger partial charge in [-0.25, -0.2) is 4.98 Å². The van der Waals surface area contributed by atoms with Crippen molar-refractivity contribution in [3.8, 4) is 0 Å². The lowest BCUT2D eigenvalue weighted by atomic mass is 10.1. The quantitative estimate of drug-likeness (QED) is 0.837. The van der Waals surface area contributed by atoms with Gasteiger partial charge in [-0.05, 0) is 17.2 Å². The summed E-state index contributed by atoms with van der Waals surface area (Å²) < 4.78 is 43.4. The van der Waals surface area contributed by atoms with E-state index in [4.69, 9.17) is 16.3 Å². The van der Waals surface area contributed by atoms with Crippen LogP contribution < -0.4 is 5.32 Å². The lowest BCUT2D eigenvalue weighted by molar-refractivity contribution is -0.137. The van der Waals surface area contributed by atoms with Crippen molar-refractivity contribution in [3.05, 3.63) is 58.2 Å². The highest BCUT2D eigenvalue weighted by molar-refractivity contribution is 6.32. The van der Waals surface area contributed by atoms with E-state index in [9.17, 15) is 13.2 Å². The maximum absolute atomic E-state index is 12.7. The van der Waals surface area contributed by atoms with Crippen molar-refractivity contribution in [2.45, 2.75) is 19.3 Å². The number of nitrogens with zero attached hydrogens (tertiary/aromatic N) is 2. The molecule has 1 aliphatic rings. The third-order valence-electron chi connectivity index (χ3n) is 4.23. The number of hydrogen-bond donors (Lipinski definition) is 1. The topological polar surface area (TPSA) is 37.4 Å². The fraction of sp³-hybridized carbons (Fsp3) is 0.389. The molecule has 0 amide bonds. The van der Waals surface area contributed by atoms with Gasteiger partial charge < -0.3 is 10.1 Å². The molecule has 3 rings (SSSR count). The van der Waals surface area contributed by atoms with Crippen LogP contribution in [0.15, 0.2) is 36.5 Å². The van der Waals surface area contributed by atoms with Crippen LogP contribution in [0.1, 0.15) is 16.7 Å². The highest BCUT2D eigenvalue weighted by Gasteiger charge is 2.31. The van der Waals surface area contributed by atoms with Crippen molar-refractivity contribution in [2.24, 2.45) is 0 Å². The van der Waals surface area contributed by atoms with Crippen LogP contribution in [0, 0.1) is 0 Å². The summed E-state index contributed by atoms with van der Waals surface area (Å²) in [6.07, 6.45) is -3.67. The molecule has 0 saturated carbocycles. The Bertz CT molecular complexity index is 749. The maximum Gasteiger partial charge on any atom is 0.417 e. The van der Waals surface area contributed by atoms with Crippen molar-refractivity contribution < 1.29 is 17.9 Å². The van der Waals surface area contributed by atoms with E-state index in [1.54, 1.807) is 0 Å². The Balaban J connectivity index is 1.68. The third kappa shape index (κ3) is 4.87. The first-order chi connectivity index (χ1) is 12.4. The second kappa shape index (κ2) is 8.24. The van der Waals surface area contributed by atoms with Crippen molar-refractivity contribution in [1.29, 1.82) is 0 Å². The monoisotopic (exact) mass is 385 g/mol. The summed E-state index contributed by atoms with van der Waals surface area (Å²) >= 11 is 5.95. The Hall–Kier alpha value is -1.83.